The van der Waals surface area contributed by atoms with E-state index in [9.17, 15) is 17.6 Å². The van der Waals surface area contributed by atoms with Crippen molar-refractivity contribution in [2.75, 3.05) is 0 Å². The zero-order valence-corrected chi connectivity index (χ0v) is 8.98. The number of hydrogen-bond acceptors (Lipinski definition) is 1. The Labute approximate surface area is 91.3 Å². The van der Waals surface area contributed by atoms with Crippen molar-refractivity contribution < 1.29 is 17.6 Å². The first-order valence-corrected chi connectivity index (χ1v) is 4.85. The Morgan fingerprint density at radius 3 is 2.12 bits per heavy atom. The van der Waals surface area contributed by atoms with Gasteiger partial charge in [-0.1, -0.05) is 19.9 Å². The van der Waals surface area contributed by atoms with Crippen LogP contribution < -0.4 is 5.73 Å². The maximum Gasteiger partial charge on any atom is 0.416 e. The first-order chi connectivity index (χ1) is 7.23. The van der Waals surface area contributed by atoms with Gasteiger partial charge in [0.15, 0.2) is 0 Å². The third-order valence-corrected chi connectivity index (χ3v) is 2.41. The zero-order valence-electron chi connectivity index (χ0n) is 8.98. The van der Waals surface area contributed by atoms with E-state index in [1.54, 1.807) is 13.8 Å². The molecule has 0 aliphatic rings. The van der Waals surface area contributed by atoms with Gasteiger partial charge in [0.2, 0.25) is 0 Å². The van der Waals surface area contributed by atoms with Crippen LogP contribution in [0, 0.1) is 11.7 Å². The molecule has 0 amide bonds. The summed E-state index contributed by atoms with van der Waals surface area (Å²) in [5.74, 6) is -0.942. The molecule has 1 atom stereocenters. The van der Waals surface area contributed by atoms with E-state index in [1.807, 2.05) is 0 Å². The monoisotopic (exact) mass is 235 g/mol. The summed E-state index contributed by atoms with van der Waals surface area (Å²) in [7, 11) is 0. The zero-order chi connectivity index (χ0) is 12.5. The molecule has 1 aromatic carbocycles. The van der Waals surface area contributed by atoms with E-state index in [0.717, 1.165) is 12.1 Å². The minimum atomic E-state index is -4.53. The second-order valence-corrected chi connectivity index (χ2v) is 4.00. The van der Waals surface area contributed by atoms with Crippen molar-refractivity contribution in [3.05, 3.63) is 35.1 Å². The van der Waals surface area contributed by atoms with Crippen LogP contribution in [0.2, 0.25) is 0 Å². The van der Waals surface area contributed by atoms with Gasteiger partial charge in [-0.15, -0.1) is 0 Å². The van der Waals surface area contributed by atoms with Gasteiger partial charge in [0.25, 0.3) is 0 Å². The van der Waals surface area contributed by atoms with E-state index in [4.69, 9.17) is 5.73 Å². The molecular formula is C11H13F4N. The summed E-state index contributed by atoms with van der Waals surface area (Å²) in [6, 6.07) is 1.84. The maximum atomic E-state index is 13.4. The smallest absolute Gasteiger partial charge is 0.324 e. The van der Waals surface area contributed by atoms with Crippen molar-refractivity contribution in [2.45, 2.75) is 26.1 Å². The van der Waals surface area contributed by atoms with E-state index in [2.05, 4.69) is 0 Å². The van der Waals surface area contributed by atoms with Crippen LogP contribution in [0.15, 0.2) is 18.2 Å². The topological polar surface area (TPSA) is 26.0 Å². The Morgan fingerprint density at radius 2 is 1.75 bits per heavy atom. The van der Waals surface area contributed by atoms with Gasteiger partial charge >= 0.3 is 6.18 Å². The van der Waals surface area contributed by atoms with E-state index >= 15 is 0 Å². The molecule has 0 spiro atoms. The van der Waals surface area contributed by atoms with Crippen LogP contribution in [-0.2, 0) is 6.18 Å². The molecule has 2 N–H and O–H groups in total. The van der Waals surface area contributed by atoms with Crippen LogP contribution in [0.25, 0.3) is 0 Å². The van der Waals surface area contributed by atoms with Gasteiger partial charge in [0.1, 0.15) is 5.82 Å². The van der Waals surface area contributed by atoms with Crippen LogP contribution in [0.5, 0.6) is 0 Å². The number of halogens is 4. The minimum Gasteiger partial charge on any atom is -0.324 e. The Bertz CT molecular complexity index is 371. The van der Waals surface area contributed by atoms with Gasteiger partial charge in [-0.05, 0) is 18.1 Å². The first kappa shape index (κ1) is 13.0. The van der Waals surface area contributed by atoms with Gasteiger partial charge in [0, 0.05) is 11.6 Å². The molecule has 0 fully saturated rings. The average molecular weight is 235 g/mol. The molecule has 0 saturated carbocycles. The summed E-state index contributed by atoms with van der Waals surface area (Å²) in [6.07, 6.45) is -4.53. The summed E-state index contributed by atoms with van der Waals surface area (Å²) >= 11 is 0. The van der Waals surface area contributed by atoms with E-state index in [-0.39, 0.29) is 11.5 Å². The predicted octanol–water partition coefficient (Wildman–Crippen LogP) is 3.50. The highest BCUT2D eigenvalue weighted by atomic mass is 19.4. The number of nitrogens with two attached hydrogens (primary N) is 1. The SMILES string of the molecule is CC(C)C(N)c1ccc(C(F)(F)F)cc1F. The standard InChI is InChI=1S/C11H13F4N/c1-6(2)10(16)8-4-3-7(5-9(8)12)11(13,14)15/h3-6,10H,16H2,1-2H3. The molecule has 0 saturated heterocycles. The fourth-order valence-electron chi connectivity index (χ4n) is 1.33. The molecule has 1 nitrogen and oxygen atoms in total. The fraction of sp³-hybridized carbons (Fsp3) is 0.455. The van der Waals surface area contributed by atoms with Gasteiger partial charge in [0.05, 0.1) is 5.56 Å². The minimum absolute atomic E-state index is 0.0359. The molecule has 0 heterocycles. The second-order valence-electron chi connectivity index (χ2n) is 4.00. The molecule has 5 heteroatoms. The molecule has 0 aliphatic carbocycles. The van der Waals surface area contributed by atoms with Crippen LogP contribution in [0.4, 0.5) is 17.6 Å². The summed E-state index contributed by atoms with van der Waals surface area (Å²) in [6.45, 7) is 3.56. The van der Waals surface area contributed by atoms with Gasteiger partial charge in [-0.25, -0.2) is 4.39 Å². The Kier molecular flexibility index (Phi) is 3.57. The molecule has 0 aliphatic heterocycles. The van der Waals surface area contributed by atoms with E-state index < -0.39 is 23.6 Å². The van der Waals surface area contributed by atoms with Crippen molar-refractivity contribution in [1.29, 1.82) is 0 Å². The molecule has 1 rings (SSSR count). The highest BCUT2D eigenvalue weighted by Gasteiger charge is 2.31. The molecule has 1 unspecified atom stereocenters. The lowest BCUT2D eigenvalue weighted by atomic mass is 9.95. The highest BCUT2D eigenvalue weighted by Crippen LogP contribution is 2.32. The third kappa shape index (κ3) is 2.72. The van der Waals surface area contributed by atoms with E-state index in [0.29, 0.717) is 6.07 Å². The Hall–Kier alpha value is -1.10. The predicted molar refractivity (Wildman–Crippen MR) is 53.2 cm³/mol. The highest BCUT2D eigenvalue weighted by molar-refractivity contribution is 5.28. The van der Waals surface area contributed by atoms with Crippen molar-refractivity contribution in [3.8, 4) is 0 Å². The molecular weight excluding hydrogens is 222 g/mol. The average Bonchev–Trinajstić information content (AvgIpc) is 2.15. The number of rotatable bonds is 2. The summed E-state index contributed by atoms with van der Waals surface area (Å²) < 4.78 is 50.2. The summed E-state index contributed by atoms with van der Waals surface area (Å²) in [5, 5.41) is 0. The van der Waals surface area contributed by atoms with Crippen molar-refractivity contribution in [2.24, 2.45) is 11.7 Å². The molecule has 0 radical (unpaired) electrons. The van der Waals surface area contributed by atoms with E-state index in [1.165, 1.54) is 0 Å². The lowest BCUT2D eigenvalue weighted by Gasteiger charge is -2.17. The first-order valence-electron chi connectivity index (χ1n) is 4.85. The van der Waals surface area contributed by atoms with Crippen molar-refractivity contribution in [1.82, 2.24) is 0 Å². The normalized spacial score (nSPS) is 14.2. The molecule has 90 valence electrons. The Balaban J connectivity index is 3.10. The summed E-state index contributed by atoms with van der Waals surface area (Å²) in [5.41, 5.74) is 4.79. The third-order valence-electron chi connectivity index (χ3n) is 2.41. The number of benzene rings is 1. The molecule has 0 bridgehead atoms. The van der Waals surface area contributed by atoms with Gasteiger partial charge in [-0.3, -0.25) is 0 Å². The van der Waals surface area contributed by atoms with Crippen LogP contribution in [-0.4, -0.2) is 0 Å². The van der Waals surface area contributed by atoms with Crippen molar-refractivity contribution >= 4 is 0 Å². The van der Waals surface area contributed by atoms with Gasteiger partial charge in [-0.2, -0.15) is 13.2 Å². The quantitative estimate of drug-likeness (QED) is 0.780. The van der Waals surface area contributed by atoms with Crippen LogP contribution >= 0.6 is 0 Å². The lowest BCUT2D eigenvalue weighted by molar-refractivity contribution is -0.137. The number of hydrogen-bond donors (Lipinski definition) is 1. The maximum absolute atomic E-state index is 13.4. The molecule has 0 aromatic heterocycles. The van der Waals surface area contributed by atoms with Crippen molar-refractivity contribution in [3.63, 3.8) is 0 Å². The largest absolute Gasteiger partial charge is 0.416 e. The fourth-order valence-corrected chi connectivity index (χ4v) is 1.33. The Morgan fingerprint density at radius 1 is 1.19 bits per heavy atom. The van der Waals surface area contributed by atoms with Crippen LogP contribution in [0.3, 0.4) is 0 Å². The van der Waals surface area contributed by atoms with Crippen LogP contribution in [0.1, 0.15) is 31.0 Å². The molecule has 16 heavy (non-hydrogen) atoms. The van der Waals surface area contributed by atoms with Gasteiger partial charge < -0.3 is 5.73 Å². The number of alkyl halides is 3. The lowest BCUT2D eigenvalue weighted by Crippen LogP contribution is -2.18. The summed E-state index contributed by atoms with van der Waals surface area (Å²) in [4.78, 5) is 0. The second kappa shape index (κ2) is 4.41. The molecule has 1 aromatic rings.